The van der Waals surface area contributed by atoms with Crippen LogP contribution in [0, 0.1) is 0 Å². The molecule has 6 heteroatoms. The third kappa shape index (κ3) is 6.03. The van der Waals surface area contributed by atoms with E-state index in [9.17, 15) is 9.59 Å². The Morgan fingerprint density at radius 3 is 2.45 bits per heavy atom. The number of hydrogen-bond acceptors (Lipinski definition) is 4. The Morgan fingerprint density at radius 2 is 1.95 bits per heavy atom. The van der Waals surface area contributed by atoms with Gasteiger partial charge in [-0.05, 0) is 38.5 Å². The summed E-state index contributed by atoms with van der Waals surface area (Å²) in [4.78, 5) is 25.6. The van der Waals surface area contributed by atoms with E-state index in [1.54, 1.807) is 47.0 Å². The molecule has 122 valence electrons. The Balaban J connectivity index is 2.85. The zero-order chi connectivity index (χ0) is 16.9. The third-order valence-corrected chi connectivity index (χ3v) is 2.82. The Morgan fingerprint density at radius 1 is 1.32 bits per heavy atom. The largest absolute Gasteiger partial charge is 0.444 e. The maximum atomic E-state index is 12.3. The number of anilines is 1. The van der Waals surface area contributed by atoms with Crippen molar-refractivity contribution in [3.8, 4) is 0 Å². The lowest BCUT2D eigenvalue weighted by atomic mass is 10.0. The lowest BCUT2D eigenvalue weighted by molar-refractivity contribution is -0.130. The van der Waals surface area contributed by atoms with Crippen molar-refractivity contribution in [3.05, 3.63) is 29.8 Å². The first-order chi connectivity index (χ1) is 10.1. The number of ether oxygens (including phenoxy) is 1. The number of likely N-dealkylation sites (N-methyl/N-ethyl adjacent to an activating group) is 1. The van der Waals surface area contributed by atoms with Crippen LogP contribution >= 0.6 is 0 Å². The van der Waals surface area contributed by atoms with E-state index in [2.05, 4.69) is 5.32 Å². The van der Waals surface area contributed by atoms with Crippen LogP contribution in [0.5, 0.6) is 0 Å². The first-order valence-corrected chi connectivity index (χ1v) is 7.13. The van der Waals surface area contributed by atoms with Crippen LogP contribution in [0.15, 0.2) is 24.3 Å². The van der Waals surface area contributed by atoms with Gasteiger partial charge in [-0.25, -0.2) is 4.79 Å². The van der Waals surface area contributed by atoms with Crippen molar-refractivity contribution < 1.29 is 14.3 Å². The van der Waals surface area contributed by atoms with Gasteiger partial charge in [0.25, 0.3) is 0 Å². The fraction of sp³-hybridized carbons (Fsp3) is 0.500. The molecule has 0 spiro atoms. The summed E-state index contributed by atoms with van der Waals surface area (Å²) in [5.41, 5.74) is 6.62. The third-order valence-electron chi connectivity index (χ3n) is 2.82. The van der Waals surface area contributed by atoms with Gasteiger partial charge >= 0.3 is 6.09 Å². The zero-order valence-electron chi connectivity index (χ0n) is 13.8. The molecule has 0 aliphatic rings. The molecule has 0 aromatic heterocycles. The van der Waals surface area contributed by atoms with E-state index in [0.29, 0.717) is 12.1 Å². The maximum absolute atomic E-state index is 12.3. The number of nitrogens with two attached hydrogens (primary N) is 1. The number of alkyl carbamates (subject to hydrolysis) is 1. The van der Waals surface area contributed by atoms with E-state index in [4.69, 9.17) is 10.5 Å². The van der Waals surface area contributed by atoms with Crippen LogP contribution in [0.3, 0.4) is 0 Å². The van der Waals surface area contributed by atoms with Crippen LogP contribution in [0.25, 0.3) is 0 Å². The van der Waals surface area contributed by atoms with Crippen molar-refractivity contribution in [1.82, 2.24) is 10.2 Å². The Hall–Kier alpha value is -2.24. The Bertz CT molecular complexity index is 536. The minimum Gasteiger partial charge on any atom is -0.444 e. The summed E-state index contributed by atoms with van der Waals surface area (Å²) in [5.74, 6) is -0.201. The van der Waals surface area contributed by atoms with Gasteiger partial charge < -0.3 is 20.7 Å². The molecule has 1 rings (SSSR count). The molecule has 2 amide bonds. The highest BCUT2D eigenvalue weighted by Crippen LogP contribution is 2.11. The molecule has 22 heavy (non-hydrogen) atoms. The summed E-state index contributed by atoms with van der Waals surface area (Å²) >= 11 is 0. The number of nitrogen functional groups attached to an aromatic ring is 1. The van der Waals surface area contributed by atoms with Crippen molar-refractivity contribution in [2.75, 3.05) is 19.8 Å². The second kappa shape index (κ2) is 7.15. The molecule has 0 saturated carbocycles. The SMILES string of the molecule is CN(C)C(=O)[C@H](Cc1cccc(N)c1)NC(=O)OC(C)(C)C. The quantitative estimate of drug-likeness (QED) is 0.831. The highest BCUT2D eigenvalue weighted by atomic mass is 16.6. The summed E-state index contributed by atoms with van der Waals surface area (Å²) < 4.78 is 5.21. The van der Waals surface area contributed by atoms with Gasteiger partial charge in [-0.3, -0.25) is 4.79 Å². The fourth-order valence-electron chi connectivity index (χ4n) is 1.92. The smallest absolute Gasteiger partial charge is 0.408 e. The van der Waals surface area contributed by atoms with E-state index in [1.807, 2.05) is 12.1 Å². The number of nitrogens with one attached hydrogen (secondary N) is 1. The molecule has 3 N–H and O–H groups in total. The molecule has 1 aromatic rings. The van der Waals surface area contributed by atoms with E-state index in [0.717, 1.165) is 5.56 Å². The van der Waals surface area contributed by atoms with Gasteiger partial charge in [-0.1, -0.05) is 12.1 Å². The summed E-state index contributed by atoms with van der Waals surface area (Å²) in [6.45, 7) is 5.31. The standard InChI is InChI=1S/C16H25N3O3/c1-16(2,3)22-15(21)18-13(14(20)19(4)5)10-11-7-6-8-12(17)9-11/h6-9,13H,10,17H2,1-5H3,(H,18,21)/t13-/m0/s1. The molecule has 0 bridgehead atoms. The molecule has 0 aliphatic heterocycles. The maximum Gasteiger partial charge on any atom is 0.408 e. The normalized spacial score (nSPS) is 12.4. The van der Waals surface area contributed by atoms with E-state index in [1.165, 1.54) is 4.90 Å². The molecular weight excluding hydrogens is 282 g/mol. The highest BCUT2D eigenvalue weighted by molar-refractivity contribution is 5.85. The lowest BCUT2D eigenvalue weighted by Gasteiger charge is -2.25. The summed E-state index contributed by atoms with van der Waals surface area (Å²) in [5, 5.41) is 2.63. The summed E-state index contributed by atoms with van der Waals surface area (Å²) in [6.07, 6.45) is -0.266. The van der Waals surface area contributed by atoms with Crippen LogP contribution in [0.4, 0.5) is 10.5 Å². The molecule has 1 atom stereocenters. The van der Waals surface area contributed by atoms with E-state index in [-0.39, 0.29) is 5.91 Å². The summed E-state index contributed by atoms with van der Waals surface area (Å²) in [7, 11) is 3.29. The predicted molar refractivity (Wildman–Crippen MR) is 86.4 cm³/mol. The van der Waals surface area contributed by atoms with Crippen LogP contribution < -0.4 is 11.1 Å². The second-order valence-corrected chi connectivity index (χ2v) is 6.38. The van der Waals surface area contributed by atoms with Gasteiger partial charge in [0.15, 0.2) is 0 Å². The van der Waals surface area contributed by atoms with Gasteiger partial charge in [0.05, 0.1) is 0 Å². The first kappa shape index (κ1) is 17.8. The van der Waals surface area contributed by atoms with Gasteiger partial charge in [0.1, 0.15) is 11.6 Å². The minimum absolute atomic E-state index is 0.201. The lowest BCUT2D eigenvalue weighted by Crippen LogP contribution is -2.48. The number of hydrogen-bond donors (Lipinski definition) is 2. The van der Waals surface area contributed by atoms with Crippen LogP contribution in [0.2, 0.25) is 0 Å². The number of carbonyl (C=O) groups excluding carboxylic acids is 2. The Labute approximate surface area is 131 Å². The average molecular weight is 307 g/mol. The molecule has 0 radical (unpaired) electrons. The fourth-order valence-corrected chi connectivity index (χ4v) is 1.92. The molecule has 0 unspecified atom stereocenters. The monoisotopic (exact) mass is 307 g/mol. The topological polar surface area (TPSA) is 84.7 Å². The number of amides is 2. The van der Waals surface area contributed by atoms with E-state index >= 15 is 0 Å². The van der Waals surface area contributed by atoms with Crippen molar-refractivity contribution in [1.29, 1.82) is 0 Å². The van der Waals surface area contributed by atoms with Crippen molar-refractivity contribution in [3.63, 3.8) is 0 Å². The second-order valence-electron chi connectivity index (χ2n) is 6.38. The molecule has 1 aromatic carbocycles. The molecular formula is C16H25N3O3. The van der Waals surface area contributed by atoms with Gasteiger partial charge in [0, 0.05) is 26.2 Å². The number of carbonyl (C=O) groups is 2. The van der Waals surface area contributed by atoms with E-state index < -0.39 is 17.7 Å². The number of nitrogens with zero attached hydrogens (tertiary/aromatic N) is 1. The number of benzene rings is 1. The van der Waals surface area contributed by atoms with Crippen molar-refractivity contribution in [2.45, 2.75) is 38.8 Å². The minimum atomic E-state index is -0.702. The number of rotatable bonds is 4. The summed E-state index contributed by atoms with van der Waals surface area (Å²) in [6, 6.07) is 6.53. The molecule has 0 heterocycles. The molecule has 0 aliphatic carbocycles. The zero-order valence-corrected chi connectivity index (χ0v) is 13.8. The first-order valence-electron chi connectivity index (χ1n) is 7.13. The molecule has 0 fully saturated rings. The highest BCUT2D eigenvalue weighted by Gasteiger charge is 2.25. The predicted octanol–water partition coefficient (Wildman–Crippen LogP) is 1.79. The van der Waals surface area contributed by atoms with Crippen molar-refractivity contribution in [2.24, 2.45) is 0 Å². The Kier molecular flexibility index (Phi) is 5.79. The van der Waals surface area contributed by atoms with Gasteiger partial charge in [-0.2, -0.15) is 0 Å². The van der Waals surface area contributed by atoms with Crippen molar-refractivity contribution >= 4 is 17.7 Å². The molecule has 0 saturated heterocycles. The van der Waals surface area contributed by atoms with Crippen LogP contribution in [-0.4, -0.2) is 42.6 Å². The van der Waals surface area contributed by atoms with Gasteiger partial charge in [-0.15, -0.1) is 0 Å². The van der Waals surface area contributed by atoms with Crippen LogP contribution in [0.1, 0.15) is 26.3 Å². The average Bonchev–Trinajstić information content (AvgIpc) is 2.34. The van der Waals surface area contributed by atoms with Crippen LogP contribution in [-0.2, 0) is 16.0 Å². The van der Waals surface area contributed by atoms with Gasteiger partial charge in [0.2, 0.25) is 5.91 Å². The molecule has 6 nitrogen and oxygen atoms in total.